The second kappa shape index (κ2) is 16.5. The molecular formula is C43H48N4O7. The topological polar surface area (TPSA) is 135 Å². The maximum absolute atomic E-state index is 12.9. The Morgan fingerprint density at radius 2 is 1.63 bits per heavy atom. The Balaban J connectivity index is 1.08. The number of nitrogens with zero attached hydrogens (tertiary/aromatic N) is 2. The van der Waals surface area contributed by atoms with Gasteiger partial charge in [0.25, 0.3) is 5.91 Å². The summed E-state index contributed by atoms with van der Waals surface area (Å²) in [4.78, 5) is 42.1. The van der Waals surface area contributed by atoms with E-state index >= 15 is 0 Å². The van der Waals surface area contributed by atoms with E-state index in [0.29, 0.717) is 6.54 Å². The minimum absolute atomic E-state index is 0.0237. The molecule has 2 fully saturated rings. The highest BCUT2D eigenvalue weighted by molar-refractivity contribution is 5.83. The summed E-state index contributed by atoms with van der Waals surface area (Å²) in [5.74, 6) is -0.824. The van der Waals surface area contributed by atoms with Gasteiger partial charge in [-0.1, -0.05) is 79.7 Å². The summed E-state index contributed by atoms with van der Waals surface area (Å²) in [6.07, 6.45) is -0.141. The molecule has 0 radical (unpaired) electrons. The normalized spacial score (nSPS) is 21.5. The summed E-state index contributed by atoms with van der Waals surface area (Å²) >= 11 is 0. The molecule has 0 bridgehead atoms. The maximum Gasteiger partial charge on any atom is 0.326 e. The lowest BCUT2D eigenvalue weighted by Gasteiger charge is -2.44. The van der Waals surface area contributed by atoms with Crippen LogP contribution in [0.15, 0.2) is 102 Å². The lowest BCUT2D eigenvalue weighted by atomic mass is 9.89. The zero-order valence-corrected chi connectivity index (χ0v) is 30.9. The molecule has 1 amide bonds. The fraction of sp³-hybridized carbons (Fsp3) is 0.372. The number of ether oxygens (including phenoxy) is 3. The fourth-order valence-electron chi connectivity index (χ4n) is 7.74. The van der Waals surface area contributed by atoms with E-state index in [1.165, 1.54) is 6.92 Å². The number of piperidine rings is 1. The first kappa shape index (κ1) is 37.3. The van der Waals surface area contributed by atoms with Crippen LogP contribution in [0.2, 0.25) is 0 Å². The van der Waals surface area contributed by atoms with Gasteiger partial charge in [-0.2, -0.15) is 0 Å². The molecule has 1 aromatic heterocycles. The van der Waals surface area contributed by atoms with Crippen LogP contribution in [0.4, 0.5) is 0 Å². The standard InChI is InChI=1S/C43H48N4O7/c1-27-39(25-46-20-18-36(19-21-46)47-38-13-5-4-12-37(38)45-43(47)51)53-42(54-40(27)32-16-14-30(26-48)15-17-32)35-11-7-10-34(23-35)33-9-6-8-31(22-33)24-44-41(50)28(2)52-29(3)49/h4-17,22-23,27-28,36,39-40,42,48H,18-21,24-26H2,1-3H3,(H,44,50)(H,45,51)/t27-,28+,39+,40+,42+/m1/s1. The second-order valence-corrected chi connectivity index (χ2v) is 14.5. The molecule has 0 saturated carbocycles. The molecule has 3 heterocycles. The molecule has 282 valence electrons. The number of aromatic nitrogens is 2. The molecule has 4 aromatic carbocycles. The van der Waals surface area contributed by atoms with Crippen LogP contribution in [0.25, 0.3) is 22.2 Å². The number of carbonyl (C=O) groups is 2. The van der Waals surface area contributed by atoms with Gasteiger partial charge in [0.2, 0.25) is 0 Å². The number of carbonyl (C=O) groups excluding carboxylic acids is 2. The number of benzene rings is 4. The Hall–Kier alpha value is -5.07. The van der Waals surface area contributed by atoms with E-state index in [-0.39, 0.29) is 42.4 Å². The summed E-state index contributed by atoms with van der Waals surface area (Å²) < 4.78 is 20.6. The molecule has 0 spiro atoms. The molecule has 2 saturated heterocycles. The molecule has 2 aliphatic heterocycles. The Bertz CT molecular complexity index is 2140. The van der Waals surface area contributed by atoms with Gasteiger partial charge in [-0.25, -0.2) is 4.79 Å². The van der Waals surface area contributed by atoms with Crippen molar-refractivity contribution in [2.45, 2.75) is 77.4 Å². The lowest BCUT2D eigenvalue weighted by Crippen LogP contribution is -2.47. The van der Waals surface area contributed by atoms with Crippen molar-refractivity contribution >= 4 is 22.9 Å². The van der Waals surface area contributed by atoms with Crippen molar-refractivity contribution in [1.82, 2.24) is 19.8 Å². The minimum atomic E-state index is -0.871. The van der Waals surface area contributed by atoms with Crippen LogP contribution in [0.5, 0.6) is 0 Å². The van der Waals surface area contributed by atoms with Crippen molar-refractivity contribution in [2.24, 2.45) is 5.92 Å². The third kappa shape index (κ3) is 8.34. The van der Waals surface area contributed by atoms with E-state index in [0.717, 1.165) is 76.9 Å². The number of aromatic amines is 1. The summed E-state index contributed by atoms with van der Waals surface area (Å²) in [6.45, 7) is 7.69. The number of likely N-dealkylation sites (tertiary alicyclic amines) is 1. The first-order valence-corrected chi connectivity index (χ1v) is 18.7. The number of amides is 1. The van der Waals surface area contributed by atoms with Crippen LogP contribution in [0.3, 0.4) is 0 Å². The van der Waals surface area contributed by atoms with Gasteiger partial charge in [-0.05, 0) is 71.8 Å². The van der Waals surface area contributed by atoms with Crippen molar-refractivity contribution in [3.63, 3.8) is 0 Å². The number of nitrogens with one attached hydrogen (secondary N) is 2. The van der Waals surface area contributed by atoms with Crippen LogP contribution in [0.1, 0.15) is 74.3 Å². The minimum Gasteiger partial charge on any atom is -0.453 e. The monoisotopic (exact) mass is 732 g/mol. The molecule has 3 N–H and O–H groups in total. The number of hydrogen-bond donors (Lipinski definition) is 3. The number of para-hydroxylation sites is 2. The van der Waals surface area contributed by atoms with Gasteiger partial charge < -0.3 is 34.5 Å². The Kier molecular flexibility index (Phi) is 11.4. The smallest absolute Gasteiger partial charge is 0.326 e. The van der Waals surface area contributed by atoms with Crippen LogP contribution in [-0.4, -0.2) is 63.3 Å². The highest BCUT2D eigenvalue weighted by Crippen LogP contribution is 2.43. The molecular weight excluding hydrogens is 684 g/mol. The molecule has 54 heavy (non-hydrogen) atoms. The Morgan fingerprint density at radius 3 is 2.37 bits per heavy atom. The van der Waals surface area contributed by atoms with Crippen molar-refractivity contribution < 1.29 is 28.9 Å². The second-order valence-electron chi connectivity index (χ2n) is 14.5. The van der Waals surface area contributed by atoms with Gasteiger partial charge in [-0.15, -0.1) is 0 Å². The fourth-order valence-corrected chi connectivity index (χ4v) is 7.74. The maximum atomic E-state index is 12.9. The van der Waals surface area contributed by atoms with E-state index in [1.54, 1.807) is 6.92 Å². The van der Waals surface area contributed by atoms with Gasteiger partial charge in [0, 0.05) is 50.6 Å². The predicted molar refractivity (Wildman–Crippen MR) is 205 cm³/mol. The number of imidazole rings is 1. The van der Waals surface area contributed by atoms with Crippen LogP contribution < -0.4 is 11.0 Å². The Morgan fingerprint density at radius 1 is 0.907 bits per heavy atom. The number of aliphatic hydroxyl groups is 1. The van der Waals surface area contributed by atoms with E-state index in [1.807, 2.05) is 95.6 Å². The summed E-state index contributed by atoms with van der Waals surface area (Å²) in [7, 11) is 0. The van der Waals surface area contributed by atoms with Crippen molar-refractivity contribution in [3.8, 4) is 11.1 Å². The lowest BCUT2D eigenvalue weighted by molar-refractivity contribution is -0.276. The van der Waals surface area contributed by atoms with E-state index in [4.69, 9.17) is 14.2 Å². The average Bonchev–Trinajstić information content (AvgIpc) is 3.53. The average molecular weight is 733 g/mol. The molecule has 2 aliphatic rings. The number of rotatable bonds is 11. The van der Waals surface area contributed by atoms with Gasteiger partial charge in [0.05, 0.1) is 29.8 Å². The summed E-state index contributed by atoms with van der Waals surface area (Å²) in [5, 5.41) is 12.5. The molecule has 5 atom stereocenters. The van der Waals surface area contributed by atoms with Gasteiger partial charge in [0.15, 0.2) is 12.4 Å². The van der Waals surface area contributed by atoms with Crippen LogP contribution >= 0.6 is 0 Å². The van der Waals surface area contributed by atoms with E-state index < -0.39 is 18.4 Å². The van der Waals surface area contributed by atoms with Crippen molar-refractivity contribution in [3.05, 3.63) is 130 Å². The third-order valence-corrected chi connectivity index (χ3v) is 10.7. The SMILES string of the molecule is CC(=O)O[C@@H](C)C(=O)NCc1cccc(-c2cccc([C@H]3O[C@@H](CN4CCC(n5c(=O)[nH]c6ccccc65)CC4)[C@@H](C)[C@@H](c4ccc(CO)cc4)O3)c2)c1. The van der Waals surface area contributed by atoms with Gasteiger partial charge in [0.1, 0.15) is 0 Å². The highest BCUT2D eigenvalue weighted by Gasteiger charge is 2.40. The van der Waals surface area contributed by atoms with Crippen LogP contribution in [-0.2, 0) is 37.0 Å². The van der Waals surface area contributed by atoms with Gasteiger partial charge >= 0.3 is 11.7 Å². The number of H-pyrrole nitrogens is 1. The van der Waals surface area contributed by atoms with E-state index in [9.17, 15) is 19.5 Å². The number of esters is 1. The van der Waals surface area contributed by atoms with Crippen LogP contribution in [0, 0.1) is 5.92 Å². The summed E-state index contributed by atoms with van der Waals surface area (Å²) in [6, 6.07) is 32.1. The number of hydrogen-bond acceptors (Lipinski definition) is 8. The first-order chi connectivity index (χ1) is 26.2. The molecule has 11 heteroatoms. The molecule has 5 aromatic rings. The molecule has 0 aliphatic carbocycles. The predicted octanol–water partition coefficient (Wildman–Crippen LogP) is 6.19. The quantitative estimate of drug-likeness (QED) is 0.137. The number of aliphatic hydroxyl groups excluding tert-OH is 1. The van der Waals surface area contributed by atoms with Crippen molar-refractivity contribution in [1.29, 1.82) is 0 Å². The van der Waals surface area contributed by atoms with E-state index in [2.05, 4.69) is 28.2 Å². The largest absolute Gasteiger partial charge is 0.453 e. The van der Waals surface area contributed by atoms with Gasteiger partial charge in [-0.3, -0.25) is 14.2 Å². The molecule has 7 rings (SSSR count). The third-order valence-electron chi connectivity index (χ3n) is 10.7. The zero-order chi connectivity index (χ0) is 37.8. The first-order valence-electron chi connectivity index (χ1n) is 18.7. The number of fused-ring (bicyclic) bond motifs is 1. The molecule has 11 nitrogen and oxygen atoms in total. The zero-order valence-electron chi connectivity index (χ0n) is 30.9. The Labute approximate surface area is 314 Å². The summed E-state index contributed by atoms with van der Waals surface area (Å²) in [5.41, 5.74) is 7.40. The highest BCUT2D eigenvalue weighted by atomic mass is 16.7. The molecule has 0 unspecified atom stereocenters. The van der Waals surface area contributed by atoms with Crippen molar-refractivity contribution in [2.75, 3.05) is 19.6 Å².